The van der Waals surface area contributed by atoms with Gasteiger partial charge in [-0.15, -0.1) is 11.3 Å². The summed E-state index contributed by atoms with van der Waals surface area (Å²) in [4.78, 5) is 31.2. The van der Waals surface area contributed by atoms with E-state index in [-0.39, 0.29) is 16.7 Å². The number of hydrogen-bond donors (Lipinski definition) is 2. The largest absolute Gasteiger partial charge is 0.418 e. The van der Waals surface area contributed by atoms with Crippen molar-refractivity contribution in [3.63, 3.8) is 0 Å². The number of nitrogens with zero attached hydrogens (tertiary/aromatic N) is 1. The van der Waals surface area contributed by atoms with E-state index in [4.69, 9.17) is 0 Å². The van der Waals surface area contributed by atoms with E-state index in [0.717, 1.165) is 29.3 Å². The second-order valence-corrected chi connectivity index (χ2v) is 10.8. The first-order valence-electron chi connectivity index (χ1n) is 11.3. The predicted octanol–water partition coefficient (Wildman–Crippen LogP) is 6.82. The molecule has 0 saturated carbocycles. The van der Waals surface area contributed by atoms with Crippen molar-refractivity contribution in [1.29, 1.82) is 0 Å². The van der Waals surface area contributed by atoms with Gasteiger partial charge in [0.05, 0.1) is 16.8 Å². The van der Waals surface area contributed by atoms with Crippen LogP contribution in [-0.2, 0) is 19.0 Å². The van der Waals surface area contributed by atoms with Crippen LogP contribution in [0.25, 0.3) is 0 Å². The summed E-state index contributed by atoms with van der Waals surface area (Å²) in [5.74, 6) is -0.694. The first-order chi connectivity index (χ1) is 16.4. The van der Waals surface area contributed by atoms with Crippen LogP contribution in [0.2, 0.25) is 0 Å². The minimum Gasteiger partial charge on any atom is -0.321 e. The Morgan fingerprint density at radius 3 is 2.34 bits per heavy atom. The lowest BCUT2D eigenvalue weighted by atomic mass is 9.72. The van der Waals surface area contributed by atoms with Crippen LogP contribution in [0.4, 0.5) is 23.9 Å². The third kappa shape index (κ3) is 5.40. The number of carbonyl (C=O) groups is 2. The van der Waals surface area contributed by atoms with Crippen molar-refractivity contribution in [2.75, 3.05) is 10.6 Å². The molecule has 2 aromatic heterocycles. The van der Waals surface area contributed by atoms with Gasteiger partial charge in [0.1, 0.15) is 5.00 Å². The lowest BCUT2D eigenvalue weighted by Crippen LogP contribution is -2.27. The van der Waals surface area contributed by atoms with Gasteiger partial charge >= 0.3 is 6.18 Å². The molecule has 35 heavy (non-hydrogen) atoms. The molecule has 9 heteroatoms. The van der Waals surface area contributed by atoms with Crippen molar-refractivity contribution in [1.82, 2.24) is 4.98 Å². The number of amides is 2. The molecule has 1 aliphatic carbocycles. The number of rotatable bonds is 4. The van der Waals surface area contributed by atoms with Crippen LogP contribution >= 0.6 is 11.3 Å². The van der Waals surface area contributed by atoms with Gasteiger partial charge < -0.3 is 10.6 Å². The second kappa shape index (κ2) is 9.45. The fourth-order valence-corrected chi connectivity index (χ4v) is 5.68. The Kier molecular flexibility index (Phi) is 6.73. The quantitative estimate of drug-likeness (QED) is 0.412. The monoisotopic (exact) mass is 501 g/mol. The molecule has 184 valence electrons. The number of thiophene rings is 1. The average Bonchev–Trinajstić information content (AvgIpc) is 3.15. The number of pyridine rings is 1. The van der Waals surface area contributed by atoms with Gasteiger partial charge in [0, 0.05) is 22.8 Å². The summed E-state index contributed by atoms with van der Waals surface area (Å²) in [5, 5.41) is 5.61. The van der Waals surface area contributed by atoms with E-state index < -0.39 is 23.6 Å². The summed E-state index contributed by atoms with van der Waals surface area (Å²) in [6.45, 7) is 6.51. The number of aromatic nitrogens is 1. The third-order valence-electron chi connectivity index (χ3n) is 6.37. The summed E-state index contributed by atoms with van der Waals surface area (Å²) in [7, 11) is 0. The molecule has 5 nitrogen and oxygen atoms in total. The molecule has 0 fully saturated rings. The highest BCUT2D eigenvalue weighted by molar-refractivity contribution is 7.17. The molecule has 0 saturated heterocycles. The number of alkyl halides is 3. The molecule has 3 aromatic rings. The van der Waals surface area contributed by atoms with Gasteiger partial charge in [-0.2, -0.15) is 13.2 Å². The van der Waals surface area contributed by atoms with Crippen molar-refractivity contribution in [2.24, 2.45) is 11.3 Å². The zero-order chi connectivity index (χ0) is 25.4. The summed E-state index contributed by atoms with van der Waals surface area (Å²) in [5.41, 5.74) is 0.218. The highest BCUT2D eigenvalue weighted by Gasteiger charge is 2.36. The maximum Gasteiger partial charge on any atom is 0.418 e. The zero-order valence-corrected chi connectivity index (χ0v) is 20.4. The standard InChI is InChI=1S/C26H26F3N3O2S/c1-25(2,3)16-8-9-17-20(14-16)35-24(32-22(33)15-10-12-30-13-11-15)21(17)23(34)31-19-7-5-4-6-18(19)26(27,28)29/h4-7,10-13,16H,8-9,14H2,1-3H3,(H,31,34)(H,32,33). The first kappa shape index (κ1) is 24.9. The Labute approximate surface area is 205 Å². The van der Waals surface area contributed by atoms with E-state index in [9.17, 15) is 22.8 Å². The van der Waals surface area contributed by atoms with E-state index in [1.54, 1.807) is 12.1 Å². The minimum absolute atomic E-state index is 0.0657. The van der Waals surface area contributed by atoms with Crippen LogP contribution in [0.5, 0.6) is 0 Å². The molecule has 0 aliphatic heterocycles. The van der Waals surface area contributed by atoms with E-state index in [1.807, 2.05) is 0 Å². The first-order valence-corrected chi connectivity index (χ1v) is 12.1. The number of halogens is 3. The van der Waals surface area contributed by atoms with E-state index in [1.165, 1.54) is 41.9 Å². The van der Waals surface area contributed by atoms with Gasteiger partial charge in [0.2, 0.25) is 0 Å². The summed E-state index contributed by atoms with van der Waals surface area (Å²) in [6.07, 6.45) is 0.575. The smallest absolute Gasteiger partial charge is 0.321 e. The topological polar surface area (TPSA) is 71.1 Å². The van der Waals surface area contributed by atoms with Crippen molar-refractivity contribution >= 4 is 33.8 Å². The number of nitrogens with one attached hydrogen (secondary N) is 2. The lowest BCUT2D eigenvalue weighted by Gasteiger charge is -2.33. The molecule has 1 atom stereocenters. The highest BCUT2D eigenvalue weighted by Crippen LogP contribution is 2.45. The fourth-order valence-electron chi connectivity index (χ4n) is 4.36. The van der Waals surface area contributed by atoms with Gasteiger partial charge in [-0.1, -0.05) is 32.9 Å². The van der Waals surface area contributed by atoms with E-state index in [2.05, 4.69) is 36.4 Å². The fraction of sp³-hybridized carbons (Fsp3) is 0.346. The normalized spacial score (nSPS) is 15.9. The van der Waals surface area contributed by atoms with E-state index >= 15 is 0 Å². The molecular weight excluding hydrogens is 475 g/mol. The number of hydrogen-bond acceptors (Lipinski definition) is 4. The maximum absolute atomic E-state index is 13.5. The zero-order valence-electron chi connectivity index (χ0n) is 19.6. The Morgan fingerprint density at radius 2 is 1.69 bits per heavy atom. The number of carbonyl (C=O) groups excluding carboxylic acids is 2. The maximum atomic E-state index is 13.5. The SMILES string of the molecule is CC(C)(C)C1CCc2c(sc(NC(=O)c3ccncc3)c2C(=O)Nc2ccccc2C(F)(F)F)C1. The molecule has 2 amide bonds. The molecule has 0 spiro atoms. The van der Waals surface area contributed by atoms with Crippen molar-refractivity contribution < 1.29 is 22.8 Å². The van der Waals surface area contributed by atoms with Crippen molar-refractivity contribution in [3.8, 4) is 0 Å². The molecular formula is C26H26F3N3O2S. The van der Waals surface area contributed by atoms with Gasteiger partial charge in [0.25, 0.3) is 11.8 Å². The molecule has 1 unspecified atom stereocenters. The van der Waals surface area contributed by atoms with Crippen LogP contribution in [-0.4, -0.2) is 16.8 Å². The number of benzene rings is 1. The predicted molar refractivity (Wildman–Crippen MR) is 131 cm³/mol. The second-order valence-electron chi connectivity index (χ2n) is 9.70. The average molecular weight is 502 g/mol. The summed E-state index contributed by atoms with van der Waals surface area (Å²) >= 11 is 1.32. The Bertz CT molecular complexity index is 1250. The molecule has 2 N–H and O–H groups in total. The summed E-state index contributed by atoms with van der Waals surface area (Å²) in [6, 6.07) is 7.98. The number of para-hydroxylation sites is 1. The van der Waals surface area contributed by atoms with Crippen LogP contribution in [0.3, 0.4) is 0 Å². The van der Waals surface area contributed by atoms with Crippen molar-refractivity contribution in [2.45, 2.75) is 46.2 Å². The lowest BCUT2D eigenvalue weighted by molar-refractivity contribution is -0.136. The molecule has 0 bridgehead atoms. The van der Waals surface area contributed by atoms with Crippen LogP contribution < -0.4 is 10.6 Å². The molecule has 2 heterocycles. The van der Waals surface area contributed by atoms with Crippen LogP contribution in [0, 0.1) is 11.3 Å². The van der Waals surface area contributed by atoms with Gasteiger partial charge in [-0.25, -0.2) is 0 Å². The van der Waals surface area contributed by atoms with E-state index in [0.29, 0.717) is 22.9 Å². The van der Waals surface area contributed by atoms with Gasteiger partial charge in [0.15, 0.2) is 0 Å². The highest BCUT2D eigenvalue weighted by atomic mass is 32.1. The Balaban J connectivity index is 1.72. The third-order valence-corrected chi connectivity index (χ3v) is 7.54. The van der Waals surface area contributed by atoms with Crippen molar-refractivity contribution in [3.05, 3.63) is 75.9 Å². The van der Waals surface area contributed by atoms with Gasteiger partial charge in [-0.3, -0.25) is 14.6 Å². The van der Waals surface area contributed by atoms with Crippen LogP contribution in [0.15, 0.2) is 48.8 Å². The number of fused-ring (bicyclic) bond motifs is 1. The Hall–Kier alpha value is -3.20. The molecule has 1 aliphatic rings. The number of anilines is 2. The molecule has 4 rings (SSSR count). The van der Waals surface area contributed by atoms with Gasteiger partial charge in [-0.05, 0) is 60.4 Å². The summed E-state index contributed by atoms with van der Waals surface area (Å²) < 4.78 is 40.5. The Morgan fingerprint density at radius 1 is 1.00 bits per heavy atom. The van der Waals surface area contributed by atoms with Crippen LogP contribution in [0.1, 0.15) is 63.9 Å². The molecule has 0 radical (unpaired) electrons. The molecule has 1 aromatic carbocycles. The minimum atomic E-state index is -4.61.